The molecular formula is C28H37N3O2. The van der Waals surface area contributed by atoms with Crippen LogP contribution in [0, 0.1) is 6.92 Å². The number of aromatic nitrogens is 1. The maximum absolute atomic E-state index is 13.7. The molecule has 1 aliphatic heterocycles. The molecule has 0 saturated carbocycles. The lowest BCUT2D eigenvalue weighted by Crippen LogP contribution is -2.36. The zero-order valence-electron chi connectivity index (χ0n) is 20.3. The summed E-state index contributed by atoms with van der Waals surface area (Å²) in [6, 6.07) is 16.8. The van der Waals surface area contributed by atoms with Gasteiger partial charge in [-0.15, -0.1) is 0 Å². The van der Waals surface area contributed by atoms with E-state index < -0.39 is 0 Å². The second-order valence-electron chi connectivity index (χ2n) is 9.24. The maximum Gasteiger partial charge on any atom is 0.270 e. The van der Waals surface area contributed by atoms with Crippen LogP contribution in [-0.2, 0) is 13.6 Å². The first-order valence-corrected chi connectivity index (χ1v) is 12.3. The van der Waals surface area contributed by atoms with Crippen LogP contribution in [0.3, 0.4) is 0 Å². The Morgan fingerprint density at radius 3 is 2.36 bits per heavy atom. The molecule has 1 aliphatic rings. The maximum atomic E-state index is 13.7. The Kier molecular flexibility index (Phi) is 7.71. The predicted octanol–water partition coefficient (Wildman–Crippen LogP) is 5.40. The molecule has 0 radical (unpaired) electrons. The molecule has 1 aromatic heterocycles. The second kappa shape index (κ2) is 10.9. The molecule has 2 heterocycles. The molecule has 0 aliphatic carbocycles. The quantitative estimate of drug-likeness (QED) is 0.537. The summed E-state index contributed by atoms with van der Waals surface area (Å²) < 4.78 is 7.47. The standard InChI is InChI=1S/C28H37N3O2/c1-22-25-20-24(33-3)14-15-26(25)29(2)27(22)28(32)31-18-10-5-4-9-16-30(17-11-19-31)21-23-12-7-6-8-13-23/h6-8,12-15,20H,4-5,9-11,16-19,21H2,1-3H3. The van der Waals surface area contributed by atoms with E-state index in [1.807, 2.05) is 25.2 Å². The van der Waals surface area contributed by atoms with Crippen molar-refractivity contribution in [2.75, 3.05) is 33.3 Å². The third kappa shape index (κ3) is 5.41. The zero-order valence-corrected chi connectivity index (χ0v) is 20.3. The van der Waals surface area contributed by atoms with Gasteiger partial charge in [-0.05, 0) is 62.1 Å². The van der Waals surface area contributed by atoms with E-state index in [0.717, 1.165) is 73.5 Å². The number of carbonyl (C=O) groups is 1. The summed E-state index contributed by atoms with van der Waals surface area (Å²) >= 11 is 0. The SMILES string of the molecule is COc1ccc2c(c1)c(C)c(C(=O)N1CCCCCCN(Cc3ccccc3)CCC1)n2C. The van der Waals surface area contributed by atoms with Crippen molar-refractivity contribution in [3.05, 3.63) is 65.4 Å². The Morgan fingerprint density at radius 1 is 0.909 bits per heavy atom. The summed E-state index contributed by atoms with van der Waals surface area (Å²) in [7, 11) is 3.68. The summed E-state index contributed by atoms with van der Waals surface area (Å²) in [4.78, 5) is 18.4. The van der Waals surface area contributed by atoms with Gasteiger partial charge in [-0.1, -0.05) is 43.2 Å². The number of benzene rings is 2. The number of rotatable bonds is 4. The van der Waals surface area contributed by atoms with Crippen LogP contribution < -0.4 is 4.74 Å². The minimum absolute atomic E-state index is 0.152. The molecule has 0 bridgehead atoms. The molecule has 1 fully saturated rings. The fraction of sp³-hybridized carbons (Fsp3) is 0.464. The van der Waals surface area contributed by atoms with Crippen LogP contribution in [-0.4, -0.2) is 53.6 Å². The number of amides is 1. The summed E-state index contributed by atoms with van der Waals surface area (Å²) in [5.74, 6) is 0.975. The fourth-order valence-electron chi connectivity index (χ4n) is 5.09. The van der Waals surface area contributed by atoms with Crippen LogP contribution in [0.1, 0.15) is 53.7 Å². The van der Waals surface area contributed by atoms with Gasteiger partial charge in [-0.2, -0.15) is 0 Å². The molecular weight excluding hydrogens is 410 g/mol. The number of carbonyl (C=O) groups excluding carboxylic acids is 1. The molecule has 0 atom stereocenters. The zero-order chi connectivity index (χ0) is 23.2. The van der Waals surface area contributed by atoms with Crippen molar-refractivity contribution in [3.8, 4) is 5.75 Å². The molecule has 0 N–H and O–H groups in total. The minimum atomic E-state index is 0.152. The lowest BCUT2D eigenvalue weighted by atomic mass is 10.1. The number of hydrogen-bond acceptors (Lipinski definition) is 3. The van der Waals surface area contributed by atoms with Crippen LogP contribution in [0.5, 0.6) is 5.75 Å². The third-order valence-corrected chi connectivity index (χ3v) is 6.95. The molecule has 1 saturated heterocycles. The van der Waals surface area contributed by atoms with E-state index in [0.29, 0.717) is 0 Å². The highest BCUT2D eigenvalue weighted by Gasteiger charge is 2.24. The van der Waals surface area contributed by atoms with E-state index in [4.69, 9.17) is 4.74 Å². The van der Waals surface area contributed by atoms with Gasteiger partial charge in [-0.3, -0.25) is 9.69 Å². The van der Waals surface area contributed by atoms with Crippen LogP contribution in [0.15, 0.2) is 48.5 Å². The van der Waals surface area contributed by atoms with Crippen molar-refractivity contribution < 1.29 is 9.53 Å². The van der Waals surface area contributed by atoms with Crippen LogP contribution in [0.4, 0.5) is 0 Å². The van der Waals surface area contributed by atoms with Crippen molar-refractivity contribution in [1.82, 2.24) is 14.4 Å². The molecule has 176 valence electrons. The number of methoxy groups -OCH3 is 1. The van der Waals surface area contributed by atoms with E-state index >= 15 is 0 Å². The molecule has 0 spiro atoms. The van der Waals surface area contributed by atoms with Gasteiger partial charge in [0.1, 0.15) is 11.4 Å². The van der Waals surface area contributed by atoms with Crippen molar-refractivity contribution >= 4 is 16.8 Å². The van der Waals surface area contributed by atoms with E-state index in [1.165, 1.54) is 24.8 Å². The summed E-state index contributed by atoms with van der Waals surface area (Å²) in [5.41, 5.74) is 4.27. The third-order valence-electron chi connectivity index (χ3n) is 6.95. The first kappa shape index (κ1) is 23.4. The molecule has 5 nitrogen and oxygen atoms in total. The molecule has 33 heavy (non-hydrogen) atoms. The summed E-state index contributed by atoms with van der Waals surface area (Å²) in [6.45, 7) is 6.83. The summed E-state index contributed by atoms with van der Waals surface area (Å²) in [5, 5.41) is 1.09. The molecule has 4 rings (SSSR count). The highest BCUT2D eigenvalue weighted by Crippen LogP contribution is 2.29. The number of fused-ring (bicyclic) bond motifs is 1. The van der Waals surface area contributed by atoms with Gasteiger partial charge in [0.25, 0.3) is 5.91 Å². The average Bonchev–Trinajstić information content (AvgIpc) is 3.05. The monoisotopic (exact) mass is 447 g/mol. The van der Waals surface area contributed by atoms with Crippen molar-refractivity contribution in [2.45, 2.75) is 45.6 Å². The van der Waals surface area contributed by atoms with Crippen molar-refractivity contribution in [3.63, 3.8) is 0 Å². The van der Waals surface area contributed by atoms with Gasteiger partial charge in [-0.25, -0.2) is 0 Å². The van der Waals surface area contributed by atoms with E-state index in [2.05, 4.69) is 51.6 Å². The van der Waals surface area contributed by atoms with Gasteiger partial charge < -0.3 is 14.2 Å². The molecule has 1 amide bonds. The van der Waals surface area contributed by atoms with Crippen molar-refractivity contribution in [1.29, 1.82) is 0 Å². The van der Waals surface area contributed by atoms with Crippen LogP contribution in [0.2, 0.25) is 0 Å². The Labute approximate surface area is 197 Å². The molecule has 5 heteroatoms. The first-order valence-electron chi connectivity index (χ1n) is 12.3. The van der Waals surface area contributed by atoms with E-state index in [-0.39, 0.29) is 5.91 Å². The van der Waals surface area contributed by atoms with Gasteiger partial charge in [0.05, 0.1) is 7.11 Å². The Balaban J connectivity index is 1.51. The molecule has 0 unspecified atom stereocenters. The Morgan fingerprint density at radius 2 is 1.61 bits per heavy atom. The fourth-order valence-corrected chi connectivity index (χ4v) is 5.09. The average molecular weight is 448 g/mol. The second-order valence-corrected chi connectivity index (χ2v) is 9.24. The van der Waals surface area contributed by atoms with Gasteiger partial charge >= 0.3 is 0 Å². The normalized spacial score (nSPS) is 16.5. The number of hydrogen-bond donors (Lipinski definition) is 0. The minimum Gasteiger partial charge on any atom is -0.497 e. The number of nitrogens with zero attached hydrogens (tertiary/aromatic N) is 3. The number of ether oxygens (including phenoxy) is 1. The first-order chi connectivity index (χ1) is 16.1. The largest absolute Gasteiger partial charge is 0.497 e. The molecule has 2 aromatic carbocycles. The van der Waals surface area contributed by atoms with E-state index in [9.17, 15) is 4.79 Å². The topological polar surface area (TPSA) is 37.7 Å². The van der Waals surface area contributed by atoms with Crippen molar-refractivity contribution in [2.24, 2.45) is 7.05 Å². The Hall–Kier alpha value is -2.79. The Bertz CT molecular complexity index is 1070. The molecule has 3 aromatic rings. The van der Waals surface area contributed by atoms with Gasteiger partial charge in [0, 0.05) is 44.1 Å². The lowest BCUT2D eigenvalue weighted by Gasteiger charge is -2.26. The summed E-state index contributed by atoms with van der Waals surface area (Å²) in [6.07, 6.45) is 5.69. The lowest BCUT2D eigenvalue weighted by molar-refractivity contribution is 0.0736. The van der Waals surface area contributed by atoms with Gasteiger partial charge in [0.15, 0.2) is 0 Å². The highest BCUT2D eigenvalue weighted by molar-refractivity contribution is 6.01. The van der Waals surface area contributed by atoms with Crippen LogP contribution in [0.25, 0.3) is 10.9 Å². The van der Waals surface area contributed by atoms with E-state index in [1.54, 1.807) is 7.11 Å². The van der Waals surface area contributed by atoms with Gasteiger partial charge in [0.2, 0.25) is 0 Å². The number of aryl methyl sites for hydroxylation is 2. The highest BCUT2D eigenvalue weighted by atomic mass is 16.5. The smallest absolute Gasteiger partial charge is 0.270 e. The predicted molar refractivity (Wildman–Crippen MR) is 135 cm³/mol. The van der Waals surface area contributed by atoms with Crippen LogP contribution >= 0.6 is 0 Å².